The molecule has 2 atom stereocenters. The molecule has 0 aromatic heterocycles. The van der Waals surface area contributed by atoms with Crippen LogP contribution in [0, 0.1) is 11.8 Å². The number of hydrogen-bond donors (Lipinski definition) is 2. The van der Waals surface area contributed by atoms with Crippen LogP contribution in [0.4, 0.5) is 0 Å². The lowest BCUT2D eigenvalue weighted by molar-refractivity contribution is -0.125. The quantitative estimate of drug-likeness (QED) is 0.731. The number of ether oxygens (including phenoxy) is 1. The van der Waals surface area contributed by atoms with E-state index in [4.69, 9.17) is 4.74 Å². The topological polar surface area (TPSA) is 67.4 Å². The van der Waals surface area contributed by atoms with Gasteiger partial charge in [0.1, 0.15) is 12.4 Å². The van der Waals surface area contributed by atoms with E-state index in [1.165, 1.54) is 0 Å². The van der Waals surface area contributed by atoms with Crippen molar-refractivity contribution in [1.82, 2.24) is 10.6 Å². The third-order valence-corrected chi connectivity index (χ3v) is 5.36. The summed E-state index contributed by atoms with van der Waals surface area (Å²) in [5.41, 5.74) is 1.64. The Balaban J connectivity index is 1.82. The Morgan fingerprint density at radius 2 is 1.74 bits per heavy atom. The summed E-state index contributed by atoms with van der Waals surface area (Å²) < 4.78 is 5.83. The zero-order valence-electron chi connectivity index (χ0n) is 18.3. The molecule has 2 amide bonds. The fourth-order valence-corrected chi connectivity index (χ4v) is 3.82. The van der Waals surface area contributed by atoms with Crippen molar-refractivity contribution in [2.45, 2.75) is 39.2 Å². The molecule has 5 nitrogen and oxygen atoms in total. The number of carbonyl (C=O) groups excluding carboxylic acids is 2. The van der Waals surface area contributed by atoms with Crippen molar-refractivity contribution < 1.29 is 14.3 Å². The molecule has 0 aliphatic carbocycles. The molecule has 5 heteroatoms. The van der Waals surface area contributed by atoms with E-state index in [1.807, 2.05) is 54.6 Å². The first-order valence-corrected chi connectivity index (χ1v) is 11.0. The molecule has 2 aromatic rings. The summed E-state index contributed by atoms with van der Waals surface area (Å²) in [6.45, 7) is 4.96. The van der Waals surface area contributed by atoms with Crippen molar-refractivity contribution in [3.05, 3.63) is 77.9 Å². The van der Waals surface area contributed by atoms with Crippen LogP contribution in [-0.2, 0) is 11.2 Å². The van der Waals surface area contributed by atoms with E-state index < -0.39 is 0 Å². The minimum atomic E-state index is -0.194. The summed E-state index contributed by atoms with van der Waals surface area (Å²) >= 11 is 0. The zero-order valence-corrected chi connectivity index (χ0v) is 18.3. The first-order chi connectivity index (χ1) is 15.0. The predicted octanol–water partition coefficient (Wildman–Crippen LogP) is 4.14. The lowest BCUT2D eigenvalue weighted by Gasteiger charge is -2.24. The van der Waals surface area contributed by atoms with Gasteiger partial charge in [0, 0.05) is 18.5 Å². The molecule has 0 fully saturated rings. The summed E-state index contributed by atoms with van der Waals surface area (Å²) in [6.07, 6.45) is 6.00. The Morgan fingerprint density at radius 1 is 1.00 bits per heavy atom. The van der Waals surface area contributed by atoms with Crippen LogP contribution in [0.2, 0.25) is 0 Å². The van der Waals surface area contributed by atoms with Gasteiger partial charge in [0.2, 0.25) is 5.91 Å². The van der Waals surface area contributed by atoms with E-state index in [1.54, 1.807) is 12.1 Å². The lowest BCUT2D eigenvalue weighted by Crippen LogP contribution is -2.46. The summed E-state index contributed by atoms with van der Waals surface area (Å²) in [7, 11) is 0. The van der Waals surface area contributed by atoms with E-state index in [0.717, 1.165) is 12.0 Å². The summed E-state index contributed by atoms with van der Waals surface area (Å²) in [5, 5.41) is 6.18. The number of fused-ring (bicyclic) bond motifs is 1. The van der Waals surface area contributed by atoms with Crippen LogP contribution in [0.1, 0.15) is 42.6 Å². The molecule has 164 valence electrons. The lowest BCUT2D eigenvalue weighted by atomic mass is 9.94. The first kappa shape index (κ1) is 22.6. The molecule has 0 saturated carbocycles. The molecule has 1 aliphatic heterocycles. The highest BCUT2D eigenvalue weighted by molar-refractivity contribution is 5.97. The van der Waals surface area contributed by atoms with E-state index in [0.29, 0.717) is 43.2 Å². The number of carbonyl (C=O) groups is 2. The van der Waals surface area contributed by atoms with E-state index in [9.17, 15) is 9.59 Å². The standard InChI is InChI=1S/C26H32N2O3/c1-19(2)16-22-18-27-26(30)23-13-6-7-14-24(23)31-15-9-8-12-21(25(29)28-22)17-20-10-4-3-5-11-20/h3-11,13-14,19,21-22H,12,15-18H2,1-2H3,(H,27,30)(H,28,29)/b9-8+/t21?,22-/m0/s1. The van der Waals surface area contributed by atoms with E-state index >= 15 is 0 Å². The van der Waals surface area contributed by atoms with Gasteiger partial charge in [-0.25, -0.2) is 0 Å². The van der Waals surface area contributed by atoms with Crippen LogP contribution in [0.15, 0.2) is 66.7 Å². The predicted molar refractivity (Wildman–Crippen MR) is 123 cm³/mol. The van der Waals surface area contributed by atoms with Crippen molar-refractivity contribution in [3.8, 4) is 5.75 Å². The summed E-state index contributed by atoms with van der Waals surface area (Å²) in [5.74, 6) is 0.600. The molecule has 31 heavy (non-hydrogen) atoms. The SMILES string of the molecule is CC(C)C[C@H]1CNC(=O)c2ccccc2OC/C=C/CC(Cc2ccccc2)C(=O)N1. The second-order valence-electron chi connectivity index (χ2n) is 8.45. The van der Waals surface area contributed by atoms with Crippen molar-refractivity contribution in [1.29, 1.82) is 0 Å². The Kier molecular flexibility index (Phi) is 8.27. The molecule has 1 aliphatic rings. The average Bonchev–Trinajstić information content (AvgIpc) is 2.76. The van der Waals surface area contributed by atoms with Gasteiger partial charge < -0.3 is 15.4 Å². The van der Waals surface area contributed by atoms with Gasteiger partial charge in [-0.1, -0.05) is 68.5 Å². The zero-order chi connectivity index (χ0) is 22.1. The fraction of sp³-hybridized carbons (Fsp3) is 0.385. The van der Waals surface area contributed by atoms with Gasteiger partial charge in [-0.2, -0.15) is 0 Å². The number of allylic oxidation sites excluding steroid dienone is 1. The number of hydrogen-bond acceptors (Lipinski definition) is 3. The normalized spacial score (nSPS) is 21.3. The van der Waals surface area contributed by atoms with Gasteiger partial charge in [-0.3, -0.25) is 9.59 Å². The van der Waals surface area contributed by atoms with Crippen LogP contribution in [-0.4, -0.2) is 31.0 Å². The first-order valence-electron chi connectivity index (χ1n) is 11.0. The Labute approximate surface area is 184 Å². The second kappa shape index (κ2) is 11.3. The largest absolute Gasteiger partial charge is 0.489 e. The van der Waals surface area contributed by atoms with Crippen LogP contribution < -0.4 is 15.4 Å². The molecule has 0 bridgehead atoms. The molecule has 1 heterocycles. The van der Waals surface area contributed by atoms with E-state index in [2.05, 4.69) is 24.5 Å². The molecule has 1 unspecified atom stereocenters. The van der Waals surface area contributed by atoms with Gasteiger partial charge in [0.05, 0.1) is 5.56 Å². The maximum atomic E-state index is 13.2. The molecule has 0 radical (unpaired) electrons. The van der Waals surface area contributed by atoms with Crippen LogP contribution in [0.3, 0.4) is 0 Å². The molecule has 0 saturated heterocycles. The Morgan fingerprint density at radius 3 is 2.52 bits per heavy atom. The molecular formula is C26H32N2O3. The third-order valence-electron chi connectivity index (χ3n) is 5.36. The van der Waals surface area contributed by atoms with Gasteiger partial charge in [-0.15, -0.1) is 0 Å². The van der Waals surface area contributed by atoms with Gasteiger partial charge in [-0.05, 0) is 42.9 Å². The minimum absolute atomic E-state index is 0.0202. The summed E-state index contributed by atoms with van der Waals surface area (Å²) in [6, 6.07) is 17.2. The van der Waals surface area contributed by atoms with Crippen molar-refractivity contribution in [2.75, 3.05) is 13.2 Å². The third kappa shape index (κ3) is 6.99. The Bertz CT molecular complexity index is 893. The second-order valence-corrected chi connectivity index (χ2v) is 8.45. The molecule has 0 spiro atoms. The van der Waals surface area contributed by atoms with Crippen LogP contribution in [0.25, 0.3) is 0 Å². The molecule has 2 aromatic carbocycles. The van der Waals surface area contributed by atoms with Crippen molar-refractivity contribution in [2.24, 2.45) is 11.8 Å². The number of benzene rings is 2. The van der Waals surface area contributed by atoms with Gasteiger partial charge in [0.15, 0.2) is 0 Å². The van der Waals surface area contributed by atoms with Crippen molar-refractivity contribution >= 4 is 11.8 Å². The smallest absolute Gasteiger partial charge is 0.255 e. The van der Waals surface area contributed by atoms with E-state index in [-0.39, 0.29) is 23.8 Å². The number of para-hydroxylation sites is 1. The molecular weight excluding hydrogens is 388 g/mol. The van der Waals surface area contributed by atoms with Crippen LogP contribution in [0.5, 0.6) is 5.75 Å². The Hall–Kier alpha value is -3.08. The van der Waals surface area contributed by atoms with Crippen LogP contribution >= 0.6 is 0 Å². The van der Waals surface area contributed by atoms with Crippen molar-refractivity contribution in [3.63, 3.8) is 0 Å². The molecule has 3 rings (SSSR count). The highest BCUT2D eigenvalue weighted by Crippen LogP contribution is 2.19. The summed E-state index contributed by atoms with van der Waals surface area (Å²) in [4.78, 5) is 25.9. The average molecular weight is 421 g/mol. The highest BCUT2D eigenvalue weighted by atomic mass is 16.5. The maximum Gasteiger partial charge on any atom is 0.255 e. The molecule has 2 N–H and O–H groups in total. The number of rotatable bonds is 4. The maximum absolute atomic E-state index is 13.2. The number of amides is 2. The fourth-order valence-electron chi connectivity index (χ4n) is 3.82. The monoisotopic (exact) mass is 420 g/mol. The minimum Gasteiger partial charge on any atom is -0.489 e. The van der Waals surface area contributed by atoms with Gasteiger partial charge >= 0.3 is 0 Å². The van der Waals surface area contributed by atoms with Gasteiger partial charge in [0.25, 0.3) is 5.91 Å². The number of nitrogens with one attached hydrogen (secondary N) is 2. The highest BCUT2D eigenvalue weighted by Gasteiger charge is 2.23.